The zero-order chi connectivity index (χ0) is 27.2. The largest absolute Gasteiger partial charge is 0.496 e. The lowest BCUT2D eigenvalue weighted by Gasteiger charge is -2.41. The Bertz CT molecular complexity index is 1240. The zero-order valence-corrected chi connectivity index (χ0v) is 23.1. The lowest BCUT2D eigenvalue weighted by molar-refractivity contribution is -0.226. The Morgan fingerprint density at radius 2 is 1.87 bits per heavy atom. The molecule has 0 radical (unpaired) electrons. The summed E-state index contributed by atoms with van der Waals surface area (Å²) in [6.45, 7) is 5.77. The summed E-state index contributed by atoms with van der Waals surface area (Å²) in [6.07, 6.45) is -0.390. The van der Waals surface area contributed by atoms with Gasteiger partial charge in [-0.1, -0.05) is 31.5 Å². The molecule has 0 aliphatic carbocycles. The number of ether oxygens (including phenoxy) is 4. The maximum absolute atomic E-state index is 14.2. The van der Waals surface area contributed by atoms with Gasteiger partial charge in [0.05, 0.1) is 20.3 Å². The SMILES string of the molecule is COc1ccc(C2OCC(C)(C)CO2)cc1C1(N2CCC[C@@H]2OC(=O)N(C)C)C(=O)Nc2ccc(Cl)cc21. The van der Waals surface area contributed by atoms with Gasteiger partial charge < -0.3 is 29.2 Å². The summed E-state index contributed by atoms with van der Waals surface area (Å²) in [5.74, 6) is 0.238. The molecule has 9 nitrogen and oxygen atoms in total. The quantitative estimate of drug-likeness (QED) is 0.583. The van der Waals surface area contributed by atoms with Crippen molar-refractivity contribution in [3.05, 3.63) is 58.1 Å². The van der Waals surface area contributed by atoms with Crippen molar-refractivity contribution in [2.24, 2.45) is 5.41 Å². The van der Waals surface area contributed by atoms with Crippen molar-refractivity contribution < 1.29 is 28.5 Å². The van der Waals surface area contributed by atoms with Crippen LogP contribution in [-0.4, -0.2) is 69.0 Å². The fourth-order valence-electron chi connectivity index (χ4n) is 5.47. The van der Waals surface area contributed by atoms with E-state index in [0.717, 1.165) is 12.0 Å². The number of hydrogen-bond acceptors (Lipinski definition) is 7. The van der Waals surface area contributed by atoms with Crippen LogP contribution in [0.3, 0.4) is 0 Å². The van der Waals surface area contributed by atoms with Crippen molar-refractivity contribution in [1.29, 1.82) is 0 Å². The third kappa shape index (κ3) is 4.51. The predicted molar refractivity (Wildman–Crippen MR) is 142 cm³/mol. The maximum Gasteiger partial charge on any atom is 0.410 e. The van der Waals surface area contributed by atoms with Crippen LogP contribution in [0.4, 0.5) is 10.5 Å². The van der Waals surface area contributed by atoms with E-state index >= 15 is 0 Å². The van der Waals surface area contributed by atoms with Gasteiger partial charge in [0.1, 0.15) is 5.75 Å². The average molecular weight is 544 g/mol. The fourth-order valence-corrected chi connectivity index (χ4v) is 5.64. The minimum atomic E-state index is -1.37. The van der Waals surface area contributed by atoms with Crippen molar-refractivity contribution >= 4 is 29.3 Å². The van der Waals surface area contributed by atoms with Crippen LogP contribution in [0.15, 0.2) is 36.4 Å². The molecule has 38 heavy (non-hydrogen) atoms. The molecular weight excluding hydrogens is 510 g/mol. The molecule has 0 saturated carbocycles. The minimum absolute atomic E-state index is 0.0901. The number of carbonyl (C=O) groups is 2. The predicted octanol–water partition coefficient (Wildman–Crippen LogP) is 4.74. The van der Waals surface area contributed by atoms with Gasteiger partial charge in [-0.25, -0.2) is 9.69 Å². The highest BCUT2D eigenvalue weighted by molar-refractivity contribution is 6.31. The summed E-state index contributed by atoms with van der Waals surface area (Å²) in [4.78, 5) is 30.1. The van der Waals surface area contributed by atoms with Crippen LogP contribution in [0.1, 0.15) is 49.7 Å². The van der Waals surface area contributed by atoms with E-state index in [9.17, 15) is 9.59 Å². The van der Waals surface area contributed by atoms with Gasteiger partial charge in [-0.3, -0.25) is 4.79 Å². The van der Waals surface area contributed by atoms with E-state index in [1.807, 2.05) is 23.1 Å². The normalized spacial score (nSPS) is 25.1. The topological polar surface area (TPSA) is 89.6 Å². The van der Waals surface area contributed by atoms with E-state index < -0.39 is 24.2 Å². The van der Waals surface area contributed by atoms with Gasteiger partial charge in [0.15, 0.2) is 18.1 Å². The van der Waals surface area contributed by atoms with Crippen LogP contribution in [0, 0.1) is 5.41 Å². The number of rotatable bonds is 5. The molecule has 3 heterocycles. The molecule has 2 atom stereocenters. The first-order valence-corrected chi connectivity index (χ1v) is 13.1. The smallest absolute Gasteiger partial charge is 0.410 e. The molecule has 2 saturated heterocycles. The van der Waals surface area contributed by atoms with Crippen molar-refractivity contribution in [2.75, 3.05) is 46.3 Å². The van der Waals surface area contributed by atoms with Gasteiger partial charge in [0, 0.05) is 53.5 Å². The van der Waals surface area contributed by atoms with Gasteiger partial charge >= 0.3 is 6.09 Å². The first kappa shape index (κ1) is 26.7. The maximum atomic E-state index is 14.2. The second-order valence-corrected chi connectivity index (χ2v) is 11.4. The van der Waals surface area contributed by atoms with Gasteiger partial charge in [-0.15, -0.1) is 0 Å². The van der Waals surface area contributed by atoms with E-state index in [0.29, 0.717) is 53.8 Å². The zero-order valence-electron chi connectivity index (χ0n) is 22.4. The number of nitrogens with one attached hydrogen (secondary N) is 1. The molecule has 204 valence electrons. The lowest BCUT2D eigenvalue weighted by Crippen LogP contribution is -2.55. The number of methoxy groups -OCH3 is 1. The number of benzene rings is 2. The molecule has 2 amide bonds. The monoisotopic (exact) mass is 543 g/mol. The number of amides is 2. The van der Waals surface area contributed by atoms with Crippen LogP contribution in [-0.2, 0) is 24.5 Å². The molecule has 1 N–H and O–H groups in total. The number of hydrogen-bond donors (Lipinski definition) is 1. The highest BCUT2D eigenvalue weighted by Crippen LogP contribution is 2.52. The Kier molecular flexibility index (Phi) is 7.06. The molecule has 3 aliphatic rings. The second kappa shape index (κ2) is 10.0. The van der Waals surface area contributed by atoms with Crippen LogP contribution in [0.25, 0.3) is 0 Å². The molecule has 0 aromatic heterocycles. The van der Waals surface area contributed by atoms with E-state index in [-0.39, 0.29) is 11.3 Å². The van der Waals surface area contributed by atoms with Crippen LogP contribution in [0.5, 0.6) is 5.75 Å². The summed E-state index contributed by atoms with van der Waals surface area (Å²) < 4.78 is 23.9. The number of fused-ring (bicyclic) bond motifs is 1. The first-order chi connectivity index (χ1) is 18.1. The Hall–Kier alpha value is -2.85. The van der Waals surface area contributed by atoms with Gasteiger partial charge in [0.25, 0.3) is 5.91 Å². The Labute approximate surface area is 227 Å². The molecular formula is C28H34ClN3O6. The molecule has 3 aliphatic heterocycles. The second-order valence-electron chi connectivity index (χ2n) is 11.0. The van der Waals surface area contributed by atoms with Crippen molar-refractivity contribution in [2.45, 2.75) is 44.7 Å². The number of nitrogens with zero attached hydrogens (tertiary/aromatic N) is 2. The average Bonchev–Trinajstić information content (AvgIpc) is 3.45. The summed E-state index contributed by atoms with van der Waals surface area (Å²) in [5, 5.41) is 3.53. The van der Waals surface area contributed by atoms with E-state index in [1.165, 1.54) is 4.90 Å². The summed E-state index contributed by atoms with van der Waals surface area (Å²) in [6, 6.07) is 10.9. The molecule has 5 rings (SSSR count). The van der Waals surface area contributed by atoms with Crippen LogP contribution < -0.4 is 10.1 Å². The Morgan fingerprint density at radius 1 is 1.13 bits per heavy atom. The van der Waals surface area contributed by atoms with E-state index in [1.54, 1.807) is 39.4 Å². The highest BCUT2D eigenvalue weighted by Gasteiger charge is 2.58. The molecule has 1 unspecified atom stereocenters. The van der Waals surface area contributed by atoms with Crippen LogP contribution >= 0.6 is 11.6 Å². The third-order valence-corrected chi connectivity index (χ3v) is 7.55. The Morgan fingerprint density at radius 3 is 2.55 bits per heavy atom. The number of anilines is 1. The van der Waals surface area contributed by atoms with E-state index in [2.05, 4.69) is 19.2 Å². The fraction of sp³-hybridized carbons (Fsp3) is 0.500. The molecule has 2 aromatic carbocycles. The van der Waals surface area contributed by atoms with Gasteiger partial charge in [-0.2, -0.15) is 0 Å². The summed E-state index contributed by atoms with van der Waals surface area (Å²) in [7, 11) is 4.83. The molecule has 2 fully saturated rings. The number of halogens is 1. The van der Waals surface area contributed by atoms with Crippen molar-refractivity contribution in [3.8, 4) is 5.75 Å². The summed E-state index contributed by atoms with van der Waals surface area (Å²) in [5.41, 5.74) is 1.21. The molecule has 0 bridgehead atoms. The lowest BCUT2D eigenvalue weighted by atomic mass is 9.80. The van der Waals surface area contributed by atoms with Gasteiger partial charge in [0.2, 0.25) is 0 Å². The molecule has 10 heteroatoms. The summed E-state index contributed by atoms with van der Waals surface area (Å²) >= 11 is 6.49. The number of likely N-dealkylation sites (tertiary alicyclic amines) is 1. The van der Waals surface area contributed by atoms with E-state index in [4.69, 9.17) is 30.5 Å². The van der Waals surface area contributed by atoms with Gasteiger partial charge in [-0.05, 0) is 43.2 Å². The third-order valence-electron chi connectivity index (χ3n) is 7.32. The molecule has 2 aromatic rings. The van der Waals surface area contributed by atoms with Crippen molar-refractivity contribution in [1.82, 2.24) is 9.80 Å². The molecule has 0 spiro atoms. The standard InChI is InChI=1S/C28H34ClN3O6/c1-27(2)15-36-24(37-16-27)17-8-11-22(35-5)20(13-17)28(19-14-18(29)9-10-21(19)30-25(28)33)32-12-6-7-23(32)38-26(34)31(3)4/h8-11,13-14,23-24H,6-7,12,15-16H2,1-5H3,(H,30,33)/t23-,28?/m0/s1. The highest BCUT2D eigenvalue weighted by atomic mass is 35.5. The minimum Gasteiger partial charge on any atom is -0.496 e. The van der Waals surface area contributed by atoms with Crippen LogP contribution in [0.2, 0.25) is 5.02 Å². The number of carbonyl (C=O) groups excluding carboxylic acids is 2. The Balaban J connectivity index is 1.68. The van der Waals surface area contributed by atoms with Crippen molar-refractivity contribution in [3.63, 3.8) is 0 Å². The first-order valence-electron chi connectivity index (χ1n) is 12.7.